The molecule has 2 nitrogen and oxygen atoms in total. The van der Waals surface area contributed by atoms with E-state index in [0.717, 1.165) is 12.0 Å². The third-order valence-corrected chi connectivity index (χ3v) is 4.36. The lowest BCUT2D eigenvalue weighted by Gasteiger charge is -2.29. The summed E-state index contributed by atoms with van der Waals surface area (Å²) in [7, 11) is 2.22. The van der Waals surface area contributed by atoms with E-state index in [2.05, 4.69) is 38.0 Å². The van der Waals surface area contributed by atoms with Gasteiger partial charge >= 0.3 is 0 Å². The van der Waals surface area contributed by atoms with Gasteiger partial charge in [-0.2, -0.15) is 0 Å². The van der Waals surface area contributed by atoms with E-state index in [1.165, 1.54) is 51.6 Å². The number of hydrogen-bond donors (Lipinski definition) is 1. The summed E-state index contributed by atoms with van der Waals surface area (Å²) in [4.78, 5) is 2.43. The molecule has 0 aromatic heterocycles. The lowest BCUT2D eigenvalue weighted by atomic mass is 9.84. The summed E-state index contributed by atoms with van der Waals surface area (Å²) in [6.07, 6.45) is 8.36. The average Bonchev–Trinajstić information content (AvgIpc) is 2.34. The Morgan fingerprint density at radius 1 is 1.29 bits per heavy atom. The van der Waals surface area contributed by atoms with Gasteiger partial charge in [0, 0.05) is 12.1 Å². The Bertz CT molecular complexity index is 191. The lowest BCUT2D eigenvalue weighted by Crippen LogP contribution is -2.36. The lowest BCUT2D eigenvalue weighted by molar-refractivity contribution is 0.253. The summed E-state index contributed by atoms with van der Waals surface area (Å²) in [6, 6.07) is 1.48. The third kappa shape index (κ3) is 5.87. The zero-order valence-corrected chi connectivity index (χ0v) is 12.3. The maximum absolute atomic E-state index is 3.75. The normalized spacial score (nSPS) is 25.8. The summed E-state index contributed by atoms with van der Waals surface area (Å²) >= 11 is 0. The maximum Gasteiger partial charge on any atom is 0.00697 e. The first kappa shape index (κ1) is 15.0. The zero-order valence-electron chi connectivity index (χ0n) is 12.3. The van der Waals surface area contributed by atoms with Crippen LogP contribution in [0.2, 0.25) is 0 Å². The molecule has 1 aliphatic rings. The van der Waals surface area contributed by atoms with Gasteiger partial charge in [0.05, 0.1) is 0 Å². The Morgan fingerprint density at radius 2 is 2.06 bits per heavy atom. The number of nitrogens with zero attached hydrogens (tertiary/aromatic N) is 1. The molecule has 1 aliphatic carbocycles. The van der Waals surface area contributed by atoms with Gasteiger partial charge in [-0.05, 0) is 59.2 Å². The molecule has 1 saturated carbocycles. The van der Waals surface area contributed by atoms with Crippen LogP contribution in [0.25, 0.3) is 0 Å². The summed E-state index contributed by atoms with van der Waals surface area (Å²) in [6.45, 7) is 9.28. The van der Waals surface area contributed by atoms with E-state index in [4.69, 9.17) is 0 Å². The Kier molecular flexibility index (Phi) is 7.14. The molecule has 0 radical (unpaired) electrons. The van der Waals surface area contributed by atoms with E-state index in [0.29, 0.717) is 6.04 Å². The van der Waals surface area contributed by atoms with E-state index in [-0.39, 0.29) is 0 Å². The van der Waals surface area contributed by atoms with Crippen molar-refractivity contribution in [2.75, 3.05) is 20.1 Å². The second-order valence-corrected chi connectivity index (χ2v) is 6.02. The van der Waals surface area contributed by atoms with Crippen molar-refractivity contribution in [2.45, 2.75) is 71.4 Å². The van der Waals surface area contributed by atoms with Crippen molar-refractivity contribution in [2.24, 2.45) is 5.92 Å². The molecule has 2 heteroatoms. The number of nitrogens with one attached hydrogen (secondary N) is 1. The smallest absolute Gasteiger partial charge is 0.00697 e. The van der Waals surface area contributed by atoms with Crippen LogP contribution in [0.1, 0.15) is 59.3 Å². The van der Waals surface area contributed by atoms with E-state index >= 15 is 0 Å². The van der Waals surface area contributed by atoms with Gasteiger partial charge in [-0.1, -0.05) is 26.2 Å². The van der Waals surface area contributed by atoms with Crippen molar-refractivity contribution in [1.82, 2.24) is 10.2 Å². The van der Waals surface area contributed by atoms with Crippen molar-refractivity contribution < 1.29 is 0 Å². The van der Waals surface area contributed by atoms with Crippen LogP contribution in [0.3, 0.4) is 0 Å². The molecule has 0 bridgehead atoms. The molecule has 2 unspecified atom stereocenters. The fourth-order valence-corrected chi connectivity index (χ4v) is 2.74. The highest BCUT2D eigenvalue weighted by atomic mass is 15.1. The SMILES string of the molecule is CCC1CCCC(NCCCN(C)C(C)C)C1. The van der Waals surface area contributed by atoms with E-state index in [1.807, 2.05) is 0 Å². The molecule has 1 fully saturated rings. The molecule has 0 saturated heterocycles. The van der Waals surface area contributed by atoms with Crippen LogP contribution in [-0.4, -0.2) is 37.1 Å². The second-order valence-electron chi connectivity index (χ2n) is 6.02. The van der Waals surface area contributed by atoms with Crippen LogP contribution in [0.4, 0.5) is 0 Å². The largest absolute Gasteiger partial charge is 0.314 e. The first-order chi connectivity index (χ1) is 8.13. The highest BCUT2D eigenvalue weighted by Gasteiger charge is 2.19. The molecule has 1 N–H and O–H groups in total. The Balaban J connectivity index is 2.06. The topological polar surface area (TPSA) is 15.3 Å². The molecule has 0 aromatic carbocycles. The van der Waals surface area contributed by atoms with Crippen molar-refractivity contribution >= 4 is 0 Å². The summed E-state index contributed by atoms with van der Waals surface area (Å²) in [5.41, 5.74) is 0. The van der Waals surface area contributed by atoms with Crippen LogP contribution in [0.5, 0.6) is 0 Å². The van der Waals surface area contributed by atoms with Gasteiger partial charge in [0.15, 0.2) is 0 Å². The molecular formula is C15H32N2. The Labute approximate surface area is 108 Å². The van der Waals surface area contributed by atoms with Crippen LogP contribution in [0, 0.1) is 5.92 Å². The van der Waals surface area contributed by atoms with Gasteiger partial charge in [0.1, 0.15) is 0 Å². The first-order valence-corrected chi connectivity index (χ1v) is 7.57. The van der Waals surface area contributed by atoms with Gasteiger partial charge in [-0.15, -0.1) is 0 Å². The Morgan fingerprint density at radius 3 is 2.71 bits per heavy atom. The van der Waals surface area contributed by atoms with Gasteiger partial charge in [-0.3, -0.25) is 0 Å². The number of hydrogen-bond acceptors (Lipinski definition) is 2. The van der Waals surface area contributed by atoms with Crippen LogP contribution >= 0.6 is 0 Å². The van der Waals surface area contributed by atoms with Crippen molar-refractivity contribution in [3.05, 3.63) is 0 Å². The van der Waals surface area contributed by atoms with Crippen molar-refractivity contribution in [3.8, 4) is 0 Å². The third-order valence-electron chi connectivity index (χ3n) is 4.36. The summed E-state index contributed by atoms with van der Waals surface area (Å²) in [5.74, 6) is 0.986. The quantitative estimate of drug-likeness (QED) is 0.687. The monoisotopic (exact) mass is 240 g/mol. The minimum Gasteiger partial charge on any atom is -0.314 e. The van der Waals surface area contributed by atoms with Crippen LogP contribution in [0.15, 0.2) is 0 Å². The fourth-order valence-electron chi connectivity index (χ4n) is 2.74. The number of rotatable bonds is 7. The molecule has 0 aromatic rings. The van der Waals surface area contributed by atoms with E-state index in [1.54, 1.807) is 0 Å². The van der Waals surface area contributed by atoms with Crippen molar-refractivity contribution in [3.63, 3.8) is 0 Å². The van der Waals surface area contributed by atoms with Crippen LogP contribution in [-0.2, 0) is 0 Å². The summed E-state index contributed by atoms with van der Waals surface area (Å²) in [5, 5.41) is 3.75. The van der Waals surface area contributed by atoms with E-state index in [9.17, 15) is 0 Å². The van der Waals surface area contributed by atoms with Gasteiger partial charge in [0.25, 0.3) is 0 Å². The predicted octanol–water partition coefficient (Wildman–Crippen LogP) is 3.28. The average molecular weight is 240 g/mol. The first-order valence-electron chi connectivity index (χ1n) is 7.57. The minimum absolute atomic E-state index is 0.675. The van der Waals surface area contributed by atoms with Gasteiger partial charge in [-0.25, -0.2) is 0 Å². The summed E-state index contributed by atoms with van der Waals surface area (Å²) < 4.78 is 0. The molecule has 0 amide bonds. The molecule has 0 heterocycles. The standard InChI is InChI=1S/C15H32N2/c1-5-14-8-6-9-15(12-14)16-10-7-11-17(4)13(2)3/h13-16H,5-12H2,1-4H3. The zero-order chi connectivity index (χ0) is 12.7. The molecule has 17 heavy (non-hydrogen) atoms. The van der Waals surface area contributed by atoms with Gasteiger partial charge in [0.2, 0.25) is 0 Å². The minimum atomic E-state index is 0.675. The predicted molar refractivity (Wildman–Crippen MR) is 76.4 cm³/mol. The highest BCUT2D eigenvalue weighted by molar-refractivity contribution is 4.77. The molecule has 1 rings (SSSR count). The highest BCUT2D eigenvalue weighted by Crippen LogP contribution is 2.26. The van der Waals surface area contributed by atoms with Crippen LogP contribution < -0.4 is 5.32 Å². The van der Waals surface area contributed by atoms with Gasteiger partial charge < -0.3 is 10.2 Å². The second kappa shape index (κ2) is 8.10. The van der Waals surface area contributed by atoms with Crippen molar-refractivity contribution in [1.29, 1.82) is 0 Å². The molecular weight excluding hydrogens is 208 g/mol. The molecule has 102 valence electrons. The molecule has 0 spiro atoms. The fraction of sp³-hybridized carbons (Fsp3) is 1.00. The van der Waals surface area contributed by atoms with E-state index < -0.39 is 0 Å². The Hall–Kier alpha value is -0.0800. The maximum atomic E-state index is 3.75. The molecule has 0 aliphatic heterocycles. The molecule has 2 atom stereocenters.